The van der Waals surface area contributed by atoms with Gasteiger partial charge in [-0.2, -0.15) is 0 Å². The van der Waals surface area contributed by atoms with E-state index in [9.17, 15) is 4.79 Å². The fraction of sp³-hybridized carbons (Fsp3) is 0.333. The van der Waals surface area contributed by atoms with Gasteiger partial charge in [-0.15, -0.1) is 10.2 Å². The molecule has 2 heterocycles. The zero-order valence-corrected chi connectivity index (χ0v) is 15.2. The average molecular weight is 369 g/mol. The van der Waals surface area contributed by atoms with E-state index < -0.39 is 0 Å². The molecule has 26 heavy (non-hydrogen) atoms. The number of amides is 1. The summed E-state index contributed by atoms with van der Waals surface area (Å²) in [6, 6.07) is 11.9. The minimum atomic E-state index is -0.159. The second-order valence-corrected chi connectivity index (χ2v) is 7.30. The number of benzene rings is 1. The quantitative estimate of drug-likeness (QED) is 0.644. The van der Waals surface area contributed by atoms with Gasteiger partial charge in [0.2, 0.25) is 11.8 Å². The highest BCUT2D eigenvalue weighted by Crippen LogP contribution is 2.40. The van der Waals surface area contributed by atoms with Crippen LogP contribution in [0.1, 0.15) is 35.8 Å². The third kappa shape index (κ3) is 3.96. The van der Waals surface area contributed by atoms with Crippen LogP contribution in [0.4, 0.5) is 5.88 Å². The summed E-state index contributed by atoms with van der Waals surface area (Å²) in [5.41, 5.74) is 1.92. The molecule has 0 atom stereocenters. The summed E-state index contributed by atoms with van der Waals surface area (Å²) in [6.45, 7) is 2.52. The number of thioether (sulfide) groups is 1. The number of carbonyl (C=O) groups excluding carboxylic acids is 1. The first kappa shape index (κ1) is 16.8. The predicted molar refractivity (Wildman–Crippen MR) is 98.1 cm³/mol. The number of hydrogen-bond acceptors (Lipinski definition) is 6. The van der Waals surface area contributed by atoms with Crippen LogP contribution in [-0.4, -0.2) is 31.6 Å². The molecule has 1 aromatic carbocycles. The molecule has 7 nitrogen and oxygen atoms in total. The van der Waals surface area contributed by atoms with Crippen LogP contribution in [-0.2, 0) is 11.3 Å². The minimum absolute atomic E-state index is 0.159. The number of hydrogen-bond donors (Lipinski definition) is 1. The molecule has 0 unspecified atom stereocenters. The molecule has 0 aliphatic heterocycles. The molecule has 134 valence electrons. The van der Waals surface area contributed by atoms with Crippen molar-refractivity contribution < 1.29 is 9.32 Å². The Labute approximate surface area is 155 Å². The Kier molecular flexibility index (Phi) is 4.75. The maximum atomic E-state index is 12.1. The zero-order valence-electron chi connectivity index (χ0n) is 14.4. The van der Waals surface area contributed by atoms with Crippen LogP contribution in [0.25, 0.3) is 0 Å². The van der Waals surface area contributed by atoms with E-state index in [-0.39, 0.29) is 11.7 Å². The summed E-state index contributed by atoms with van der Waals surface area (Å²) in [5.74, 6) is 1.94. The Hall–Kier alpha value is -2.61. The fourth-order valence-electron chi connectivity index (χ4n) is 2.69. The highest BCUT2D eigenvalue weighted by molar-refractivity contribution is 7.99. The molecule has 3 aromatic rings. The molecule has 0 saturated heterocycles. The van der Waals surface area contributed by atoms with Gasteiger partial charge in [0.05, 0.1) is 18.0 Å². The predicted octanol–water partition coefficient (Wildman–Crippen LogP) is 3.23. The molecular formula is C18H19N5O2S. The number of aryl methyl sites for hydroxylation is 1. The van der Waals surface area contributed by atoms with Crippen LogP contribution in [0.2, 0.25) is 0 Å². The monoisotopic (exact) mass is 369 g/mol. The van der Waals surface area contributed by atoms with Gasteiger partial charge in [0.15, 0.2) is 5.16 Å². The zero-order chi connectivity index (χ0) is 17.9. The molecule has 1 N–H and O–H groups in total. The largest absolute Gasteiger partial charge is 0.338 e. The second kappa shape index (κ2) is 7.33. The lowest BCUT2D eigenvalue weighted by Gasteiger charge is -2.09. The van der Waals surface area contributed by atoms with Gasteiger partial charge in [-0.25, -0.2) is 0 Å². The van der Waals surface area contributed by atoms with Gasteiger partial charge in [0.25, 0.3) is 0 Å². The van der Waals surface area contributed by atoms with Gasteiger partial charge in [-0.1, -0.05) is 47.3 Å². The first-order valence-electron chi connectivity index (χ1n) is 8.52. The summed E-state index contributed by atoms with van der Waals surface area (Å²) < 4.78 is 7.14. The Balaban J connectivity index is 1.45. The van der Waals surface area contributed by atoms with Crippen molar-refractivity contribution in [2.45, 2.75) is 37.4 Å². The lowest BCUT2D eigenvalue weighted by molar-refractivity contribution is -0.113. The lowest BCUT2D eigenvalue weighted by Crippen LogP contribution is -2.14. The smallest absolute Gasteiger partial charge is 0.237 e. The van der Waals surface area contributed by atoms with E-state index in [4.69, 9.17) is 4.52 Å². The van der Waals surface area contributed by atoms with Crippen LogP contribution in [0.15, 0.2) is 46.1 Å². The van der Waals surface area contributed by atoms with E-state index in [1.165, 1.54) is 17.3 Å². The Morgan fingerprint density at radius 2 is 2.12 bits per heavy atom. The first-order chi connectivity index (χ1) is 12.7. The van der Waals surface area contributed by atoms with E-state index in [0.717, 1.165) is 29.5 Å². The van der Waals surface area contributed by atoms with E-state index in [1.54, 1.807) is 13.0 Å². The number of nitrogens with one attached hydrogen (secondary N) is 1. The van der Waals surface area contributed by atoms with Crippen LogP contribution < -0.4 is 5.32 Å². The molecule has 4 rings (SSSR count). The second-order valence-electron chi connectivity index (χ2n) is 6.36. The molecule has 8 heteroatoms. The minimum Gasteiger partial charge on any atom is -0.338 e. The summed E-state index contributed by atoms with van der Waals surface area (Å²) in [6.07, 6.45) is 2.31. The summed E-state index contributed by atoms with van der Waals surface area (Å²) in [4.78, 5) is 12.1. The molecule has 2 aromatic heterocycles. The van der Waals surface area contributed by atoms with Crippen LogP contribution >= 0.6 is 11.8 Å². The number of aromatic nitrogens is 4. The summed E-state index contributed by atoms with van der Waals surface area (Å²) in [7, 11) is 0. The maximum Gasteiger partial charge on any atom is 0.237 e. The molecule has 1 fully saturated rings. The van der Waals surface area contributed by atoms with Gasteiger partial charge >= 0.3 is 0 Å². The molecule has 0 spiro atoms. The maximum absolute atomic E-state index is 12.1. The van der Waals surface area contributed by atoms with Gasteiger partial charge < -0.3 is 9.09 Å². The molecule has 0 bridgehead atoms. The molecular weight excluding hydrogens is 350 g/mol. The highest BCUT2D eigenvalue weighted by atomic mass is 32.2. The number of carbonyl (C=O) groups is 1. The van der Waals surface area contributed by atoms with E-state index >= 15 is 0 Å². The Morgan fingerprint density at radius 3 is 2.81 bits per heavy atom. The molecule has 1 aliphatic carbocycles. The van der Waals surface area contributed by atoms with Crippen molar-refractivity contribution in [3.05, 3.63) is 53.5 Å². The van der Waals surface area contributed by atoms with E-state index in [2.05, 4.69) is 37.4 Å². The van der Waals surface area contributed by atoms with Crippen LogP contribution in [0.3, 0.4) is 0 Å². The molecule has 0 radical (unpaired) electrons. The van der Waals surface area contributed by atoms with Crippen molar-refractivity contribution in [2.24, 2.45) is 0 Å². The van der Waals surface area contributed by atoms with Crippen molar-refractivity contribution >= 4 is 23.6 Å². The third-order valence-electron chi connectivity index (χ3n) is 4.09. The van der Waals surface area contributed by atoms with Crippen molar-refractivity contribution in [2.75, 3.05) is 11.1 Å². The van der Waals surface area contributed by atoms with Crippen LogP contribution in [0.5, 0.6) is 0 Å². The number of anilines is 1. The fourth-order valence-corrected chi connectivity index (χ4v) is 3.44. The molecule has 1 aliphatic rings. The summed E-state index contributed by atoms with van der Waals surface area (Å²) >= 11 is 1.38. The highest BCUT2D eigenvalue weighted by Gasteiger charge is 2.30. The van der Waals surface area contributed by atoms with Crippen molar-refractivity contribution in [3.8, 4) is 0 Å². The Morgan fingerprint density at radius 1 is 1.31 bits per heavy atom. The number of nitrogens with zero attached hydrogens (tertiary/aromatic N) is 4. The van der Waals surface area contributed by atoms with Crippen molar-refractivity contribution in [1.29, 1.82) is 0 Å². The van der Waals surface area contributed by atoms with Gasteiger partial charge in [-0.05, 0) is 25.3 Å². The normalized spacial score (nSPS) is 13.7. The summed E-state index contributed by atoms with van der Waals surface area (Å²) in [5, 5.41) is 15.9. The topological polar surface area (TPSA) is 85.8 Å². The average Bonchev–Trinajstić information content (AvgIpc) is 3.29. The first-order valence-corrected chi connectivity index (χ1v) is 9.50. The SMILES string of the molecule is Cc1cc(NC(=O)CSc2nnc(C3CC3)n2Cc2ccccc2)on1. The van der Waals surface area contributed by atoms with Gasteiger partial charge in [-0.3, -0.25) is 10.1 Å². The molecule has 1 amide bonds. The third-order valence-corrected chi connectivity index (χ3v) is 5.06. The van der Waals surface area contributed by atoms with Gasteiger partial charge in [0.1, 0.15) is 5.82 Å². The van der Waals surface area contributed by atoms with E-state index in [0.29, 0.717) is 18.3 Å². The Bertz CT molecular complexity index is 901. The number of rotatable bonds is 7. The van der Waals surface area contributed by atoms with Crippen molar-refractivity contribution in [1.82, 2.24) is 19.9 Å². The lowest BCUT2D eigenvalue weighted by atomic mass is 10.2. The van der Waals surface area contributed by atoms with Crippen LogP contribution in [0, 0.1) is 6.92 Å². The van der Waals surface area contributed by atoms with E-state index in [1.807, 2.05) is 18.2 Å². The van der Waals surface area contributed by atoms with Gasteiger partial charge in [0, 0.05) is 12.0 Å². The standard InChI is InChI=1S/C18H19N5O2S/c1-12-9-16(25-22-12)19-15(24)11-26-18-21-20-17(14-7-8-14)23(18)10-13-5-3-2-4-6-13/h2-6,9,14H,7-8,10-11H2,1H3,(H,19,24). The molecule has 1 saturated carbocycles. The van der Waals surface area contributed by atoms with Crippen molar-refractivity contribution in [3.63, 3.8) is 0 Å².